The Morgan fingerprint density at radius 2 is 1.71 bits per heavy atom. The van der Waals surface area contributed by atoms with Crippen LogP contribution in [-0.4, -0.2) is 84.4 Å². The zero-order valence-corrected chi connectivity index (χ0v) is 22.3. The van der Waals surface area contributed by atoms with Gasteiger partial charge in [0, 0.05) is 40.3 Å². The normalized spacial score (nSPS) is 14.9. The van der Waals surface area contributed by atoms with E-state index in [9.17, 15) is 19.8 Å². The van der Waals surface area contributed by atoms with Crippen LogP contribution in [0.4, 0.5) is 0 Å². The van der Waals surface area contributed by atoms with Gasteiger partial charge in [0.05, 0.1) is 24.3 Å². The highest BCUT2D eigenvalue weighted by molar-refractivity contribution is 6.02. The number of aromatic hydroxyl groups is 2. The zero-order chi connectivity index (χ0) is 27.6. The highest BCUT2D eigenvalue weighted by Gasteiger charge is 2.31. The van der Waals surface area contributed by atoms with Crippen molar-refractivity contribution >= 4 is 11.8 Å². The van der Waals surface area contributed by atoms with Crippen molar-refractivity contribution in [2.45, 2.75) is 25.8 Å². The second-order valence-electron chi connectivity index (χ2n) is 9.80. The van der Waals surface area contributed by atoms with Crippen LogP contribution in [0.3, 0.4) is 0 Å². The maximum absolute atomic E-state index is 13.1. The SMILES string of the molecule is CNC(=O)c1noc(-c2cc(C(C)C)c(O)cc2O)c1-c1ccc(C(C(=O)N(C)C)N2CCOCC2)cc1. The summed E-state index contributed by atoms with van der Waals surface area (Å²) in [5.41, 5.74) is 2.81. The van der Waals surface area contributed by atoms with Crippen molar-refractivity contribution in [2.75, 3.05) is 47.4 Å². The lowest BCUT2D eigenvalue weighted by Crippen LogP contribution is -2.45. The van der Waals surface area contributed by atoms with Gasteiger partial charge in [-0.15, -0.1) is 0 Å². The van der Waals surface area contributed by atoms with Crippen LogP contribution >= 0.6 is 0 Å². The highest BCUT2D eigenvalue weighted by atomic mass is 16.5. The lowest BCUT2D eigenvalue weighted by atomic mass is 9.93. The highest BCUT2D eigenvalue weighted by Crippen LogP contribution is 2.43. The van der Waals surface area contributed by atoms with Gasteiger partial charge in [-0.2, -0.15) is 0 Å². The molecule has 0 spiro atoms. The van der Waals surface area contributed by atoms with Crippen molar-refractivity contribution in [1.82, 2.24) is 20.3 Å². The van der Waals surface area contributed by atoms with E-state index in [2.05, 4.69) is 15.4 Å². The predicted octanol–water partition coefficient (Wildman–Crippen LogP) is 3.36. The van der Waals surface area contributed by atoms with Crippen LogP contribution in [-0.2, 0) is 9.53 Å². The van der Waals surface area contributed by atoms with E-state index in [1.165, 1.54) is 13.1 Å². The van der Waals surface area contributed by atoms with E-state index in [-0.39, 0.29) is 34.8 Å². The van der Waals surface area contributed by atoms with Crippen molar-refractivity contribution in [2.24, 2.45) is 0 Å². The molecule has 2 aromatic carbocycles. The number of rotatable bonds is 7. The van der Waals surface area contributed by atoms with Crippen molar-refractivity contribution in [3.63, 3.8) is 0 Å². The number of carbonyl (C=O) groups excluding carboxylic acids is 2. The molecule has 0 saturated carbocycles. The number of nitrogens with zero attached hydrogens (tertiary/aromatic N) is 3. The number of amides is 2. The molecule has 0 bridgehead atoms. The third-order valence-electron chi connectivity index (χ3n) is 6.75. The Hall–Kier alpha value is -3.89. The van der Waals surface area contributed by atoms with Gasteiger partial charge in [0.1, 0.15) is 17.5 Å². The molecule has 2 amide bonds. The quantitative estimate of drug-likeness (QED) is 0.431. The largest absolute Gasteiger partial charge is 0.508 e. The number of carbonyl (C=O) groups is 2. The first-order valence-corrected chi connectivity index (χ1v) is 12.5. The van der Waals surface area contributed by atoms with E-state index in [0.717, 1.165) is 5.56 Å². The summed E-state index contributed by atoms with van der Waals surface area (Å²) in [5.74, 6) is -0.539. The molecule has 1 aliphatic rings. The molecule has 4 rings (SSSR count). The lowest BCUT2D eigenvalue weighted by molar-refractivity contribution is -0.136. The molecule has 10 nitrogen and oxygen atoms in total. The Morgan fingerprint density at radius 1 is 1.05 bits per heavy atom. The number of aromatic nitrogens is 1. The van der Waals surface area contributed by atoms with Crippen molar-refractivity contribution < 1.29 is 29.1 Å². The number of hydrogen-bond donors (Lipinski definition) is 3. The van der Waals surface area contributed by atoms with Gasteiger partial charge in [-0.05, 0) is 28.7 Å². The number of likely N-dealkylation sites (N-methyl/N-ethyl adjacent to an activating group) is 1. The fourth-order valence-corrected chi connectivity index (χ4v) is 4.68. The van der Waals surface area contributed by atoms with Crippen LogP contribution in [0.2, 0.25) is 0 Å². The number of nitrogens with one attached hydrogen (secondary N) is 1. The number of phenols is 2. The van der Waals surface area contributed by atoms with Crippen LogP contribution in [0.5, 0.6) is 11.5 Å². The maximum Gasteiger partial charge on any atom is 0.273 e. The van der Waals surface area contributed by atoms with E-state index in [1.54, 1.807) is 25.1 Å². The van der Waals surface area contributed by atoms with Gasteiger partial charge < -0.3 is 29.7 Å². The average molecular weight is 523 g/mol. The first-order chi connectivity index (χ1) is 18.1. The molecule has 1 unspecified atom stereocenters. The maximum atomic E-state index is 13.1. The number of hydrogen-bond acceptors (Lipinski definition) is 8. The fourth-order valence-electron chi connectivity index (χ4n) is 4.68. The van der Waals surface area contributed by atoms with Crippen molar-refractivity contribution in [3.8, 4) is 33.9 Å². The molecule has 38 heavy (non-hydrogen) atoms. The summed E-state index contributed by atoms with van der Waals surface area (Å²) in [5, 5.41) is 27.6. The van der Waals surface area contributed by atoms with E-state index < -0.39 is 11.9 Å². The summed E-state index contributed by atoms with van der Waals surface area (Å²) < 4.78 is 11.1. The third kappa shape index (κ3) is 5.23. The van der Waals surface area contributed by atoms with Crippen LogP contribution in [0, 0.1) is 0 Å². The molecule has 1 fully saturated rings. The average Bonchev–Trinajstić information content (AvgIpc) is 3.34. The van der Waals surface area contributed by atoms with Gasteiger partial charge in [-0.25, -0.2) is 0 Å². The number of phenolic OH excluding ortho intramolecular Hbond substituents is 2. The van der Waals surface area contributed by atoms with E-state index in [0.29, 0.717) is 48.6 Å². The summed E-state index contributed by atoms with van der Waals surface area (Å²) >= 11 is 0. The topological polar surface area (TPSA) is 128 Å². The summed E-state index contributed by atoms with van der Waals surface area (Å²) in [6.07, 6.45) is 0. The summed E-state index contributed by atoms with van der Waals surface area (Å²) in [6, 6.07) is 9.78. The van der Waals surface area contributed by atoms with Crippen LogP contribution in [0.1, 0.15) is 47.4 Å². The zero-order valence-electron chi connectivity index (χ0n) is 22.3. The second-order valence-corrected chi connectivity index (χ2v) is 9.80. The molecule has 1 atom stereocenters. The summed E-state index contributed by atoms with van der Waals surface area (Å²) in [7, 11) is 4.97. The number of benzene rings is 2. The van der Waals surface area contributed by atoms with E-state index in [4.69, 9.17) is 9.26 Å². The first kappa shape index (κ1) is 27.2. The Labute approximate surface area is 221 Å². The second kappa shape index (κ2) is 11.2. The molecule has 0 aliphatic carbocycles. The van der Waals surface area contributed by atoms with Crippen LogP contribution in [0.15, 0.2) is 40.9 Å². The van der Waals surface area contributed by atoms with E-state index in [1.807, 2.05) is 38.1 Å². The minimum Gasteiger partial charge on any atom is -0.508 e. The molecule has 1 aromatic heterocycles. The Bertz CT molecular complexity index is 1310. The van der Waals surface area contributed by atoms with Crippen molar-refractivity contribution in [1.29, 1.82) is 0 Å². The van der Waals surface area contributed by atoms with E-state index >= 15 is 0 Å². The standard InChI is InChI=1S/C28H34N4O6/c1-16(2)19-14-20(22(34)15-21(19)33)26-23(24(30-38-26)27(35)29-3)17-6-8-18(9-7-17)25(28(36)31(4)5)32-10-12-37-13-11-32/h6-9,14-16,25,33-34H,10-13H2,1-5H3,(H,29,35). The molecule has 0 radical (unpaired) electrons. The lowest BCUT2D eigenvalue weighted by Gasteiger charge is -2.35. The Morgan fingerprint density at radius 3 is 2.29 bits per heavy atom. The number of ether oxygens (including phenoxy) is 1. The van der Waals surface area contributed by atoms with Gasteiger partial charge >= 0.3 is 0 Å². The summed E-state index contributed by atoms with van der Waals surface area (Å²) in [6.45, 7) is 6.24. The minimum atomic E-state index is -0.474. The first-order valence-electron chi connectivity index (χ1n) is 12.5. The van der Waals surface area contributed by atoms with Gasteiger partial charge in [-0.3, -0.25) is 14.5 Å². The number of morpholine rings is 1. The molecule has 202 valence electrons. The summed E-state index contributed by atoms with van der Waals surface area (Å²) in [4.78, 5) is 29.5. The molecule has 3 aromatic rings. The molecule has 1 saturated heterocycles. The Kier molecular flexibility index (Phi) is 8.03. The molecule has 3 N–H and O–H groups in total. The predicted molar refractivity (Wildman–Crippen MR) is 142 cm³/mol. The third-order valence-corrected chi connectivity index (χ3v) is 6.75. The van der Waals surface area contributed by atoms with Crippen LogP contribution in [0.25, 0.3) is 22.5 Å². The van der Waals surface area contributed by atoms with Gasteiger partial charge in [-0.1, -0.05) is 43.3 Å². The van der Waals surface area contributed by atoms with Crippen molar-refractivity contribution in [3.05, 3.63) is 53.2 Å². The fraction of sp³-hybridized carbons (Fsp3) is 0.393. The molecular weight excluding hydrogens is 488 g/mol. The van der Waals surface area contributed by atoms with Crippen LogP contribution < -0.4 is 5.32 Å². The minimum absolute atomic E-state index is 0.0234. The molecule has 10 heteroatoms. The van der Waals surface area contributed by atoms with Gasteiger partial charge in [0.15, 0.2) is 11.5 Å². The van der Waals surface area contributed by atoms with Gasteiger partial charge in [0.2, 0.25) is 5.91 Å². The molecule has 1 aliphatic heterocycles. The Balaban J connectivity index is 1.82. The van der Waals surface area contributed by atoms with Gasteiger partial charge in [0.25, 0.3) is 5.91 Å². The molecule has 2 heterocycles. The monoisotopic (exact) mass is 522 g/mol. The molecular formula is C28H34N4O6. The smallest absolute Gasteiger partial charge is 0.273 e.